The number of hydrogen-bond donors (Lipinski definition) is 5. The Morgan fingerprint density at radius 3 is 2.52 bits per heavy atom. The quantitative estimate of drug-likeness (QED) is 0.0143. The number of aliphatic hydroxyl groups is 1. The molecule has 22 nitrogen and oxygen atoms in total. The lowest BCUT2D eigenvalue weighted by Crippen LogP contribution is -2.34. The first-order chi connectivity index (χ1) is 32.9. The number of nitrogens with two attached hydrogens (primary N) is 1. The second kappa shape index (κ2) is 24.5. The van der Waals surface area contributed by atoms with Gasteiger partial charge in [0.2, 0.25) is 5.91 Å². The number of aliphatic hydroxyl groups excluding tert-OH is 1. The number of ketones is 2. The second-order valence-corrected chi connectivity index (χ2v) is 16.6. The molecule has 3 heterocycles. The van der Waals surface area contributed by atoms with Crippen LogP contribution in [0, 0.1) is 17.3 Å². The van der Waals surface area contributed by atoms with Crippen LogP contribution in [0.5, 0.6) is 5.75 Å². The number of anilines is 1. The van der Waals surface area contributed by atoms with Crippen molar-refractivity contribution in [1.82, 2.24) is 20.2 Å². The van der Waals surface area contributed by atoms with E-state index in [0.29, 0.717) is 22.4 Å². The Bertz CT molecular complexity index is 2730. The number of nitrogens with one attached hydrogen (secondary N) is 3. The smallest absolute Gasteiger partial charge is 0.337 e. The standard InChI is InChI=1S/C47H54N8O14/c1-27(57)30-17-31(19-32(18-30)45(62)64-5)43(60)51-14-8-12-35(58)28-9-6-11-33(20-28)67-26-40(53-54-49)66-16-15-65-25-39(59)50-13-7-10-29-23-55(34-21-38(48)52-44(61)42(29)34)41-22-36(37(24-56)68-41)69-46(63)47(2,3)4/h6,9,11,17-21,23,36-37,40-41,56H,8,12-16,22,24-26H2,1-5H3,(H,50,59)(H,51,60)(H3,48,52,61)/t36-,37+,40?,41+/m0/s1. The first kappa shape index (κ1) is 52.4. The summed E-state index contributed by atoms with van der Waals surface area (Å²) in [6.07, 6.45) is -1.19. The number of nitrogen functional groups attached to an aromatic ring is 1. The van der Waals surface area contributed by atoms with E-state index < -0.39 is 66.0 Å². The fraction of sp³-hybridized carbons (Fsp3) is 0.426. The van der Waals surface area contributed by atoms with E-state index in [-0.39, 0.29) is 98.2 Å². The van der Waals surface area contributed by atoms with Crippen molar-refractivity contribution in [2.45, 2.75) is 71.6 Å². The van der Waals surface area contributed by atoms with Gasteiger partial charge in [-0.2, -0.15) is 0 Å². The number of esters is 2. The van der Waals surface area contributed by atoms with Crippen LogP contribution in [0.25, 0.3) is 21.3 Å². The molecule has 0 radical (unpaired) electrons. The Morgan fingerprint density at radius 1 is 1.06 bits per heavy atom. The molecule has 1 aliphatic heterocycles. The summed E-state index contributed by atoms with van der Waals surface area (Å²) in [4.78, 5) is 93.1. The molecule has 1 aliphatic rings. The summed E-state index contributed by atoms with van der Waals surface area (Å²) in [7, 11) is 1.19. The van der Waals surface area contributed by atoms with Crippen LogP contribution < -0.4 is 26.7 Å². The summed E-state index contributed by atoms with van der Waals surface area (Å²) in [6.45, 7) is 5.41. The summed E-state index contributed by atoms with van der Waals surface area (Å²) in [5.41, 5.74) is 15.1. The third-order valence-corrected chi connectivity index (χ3v) is 10.4. The number of benzene rings is 2. The molecule has 0 aliphatic carbocycles. The Balaban J connectivity index is 1.04. The highest BCUT2D eigenvalue weighted by Crippen LogP contribution is 2.35. The Morgan fingerprint density at radius 2 is 1.81 bits per heavy atom. The van der Waals surface area contributed by atoms with E-state index in [9.17, 15) is 38.7 Å². The van der Waals surface area contributed by atoms with Gasteiger partial charge in [-0.1, -0.05) is 29.1 Å². The van der Waals surface area contributed by atoms with Gasteiger partial charge in [0.1, 0.15) is 43.2 Å². The monoisotopic (exact) mass is 954 g/mol. The number of fused-ring (bicyclic) bond motifs is 1. The number of pyridine rings is 1. The van der Waals surface area contributed by atoms with Gasteiger partial charge in [0.25, 0.3) is 11.5 Å². The molecule has 2 aromatic heterocycles. The highest BCUT2D eigenvalue weighted by atomic mass is 16.6. The number of Topliss-reactive ketones (excluding diaryl/α,β-unsaturated/α-hetero) is 2. The largest absolute Gasteiger partial charge is 0.491 e. The number of ether oxygens (including phenoxy) is 6. The Kier molecular flexibility index (Phi) is 18.6. The van der Waals surface area contributed by atoms with Gasteiger partial charge in [-0.15, -0.1) is 0 Å². The number of aromatic amines is 1. The van der Waals surface area contributed by atoms with Crippen LogP contribution in [-0.4, -0.2) is 122 Å². The fourth-order valence-corrected chi connectivity index (χ4v) is 6.84. The van der Waals surface area contributed by atoms with Gasteiger partial charge < -0.3 is 59.4 Å². The molecule has 0 saturated carbocycles. The van der Waals surface area contributed by atoms with Crippen molar-refractivity contribution in [1.29, 1.82) is 0 Å². The zero-order valence-corrected chi connectivity index (χ0v) is 38.7. The summed E-state index contributed by atoms with van der Waals surface area (Å²) >= 11 is 0. The second-order valence-electron chi connectivity index (χ2n) is 16.6. The molecule has 4 atom stereocenters. The van der Waals surface area contributed by atoms with Crippen LogP contribution >= 0.6 is 0 Å². The van der Waals surface area contributed by atoms with E-state index in [1.807, 2.05) is 0 Å². The van der Waals surface area contributed by atoms with Gasteiger partial charge in [0.05, 0.1) is 60.9 Å². The van der Waals surface area contributed by atoms with Crippen molar-refractivity contribution >= 4 is 52.0 Å². The number of nitrogens with zero attached hydrogens (tertiary/aromatic N) is 4. The average molecular weight is 955 g/mol. The highest BCUT2D eigenvalue weighted by molar-refractivity contribution is 6.03. The molecule has 69 heavy (non-hydrogen) atoms. The first-order valence-corrected chi connectivity index (χ1v) is 21.7. The Labute approximate surface area is 395 Å². The van der Waals surface area contributed by atoms with Crippen molar-refractivity contribution in [2.24, 2.45) is 10.5 Å². The minimum absolute atomic E-state index is 0.0532. The van der Waals surface area contributed by atoms with Gasteiger partial charge in [-0.05, 0) is 70.0 Å². The van der Waals surface area contributed by atoms with Crippen molar-refractivity contribution in [2.75, 3.05) is 59.0 Å². The van der Waals surface area contributed by atoms with E-state index in [4.69, 9.17) is 39.7 Å². The van der Waals surface area contributed by atoms with Crippen LogP contribution in [0.1, 0.15) is 100 Å². The topological polar surface area (TPSA) is 315 Å². The molecule has 1 fully saturated rings. The number of amides is 2. The van der Waals surface area contributed by atoms with Gasteiger partial charge in [0.15, 0.2) is 17.8 Å². The normalized spacial score (nSPS) is 15.8. The number of rotatable bonds is 22. The van der Waals surface area contributed by atoms with E-state index in [2.05, 4.69) is 37.5 Å². The maximum atomic E-state index is 13.0. The van der Waals surface area contributed by atoms with Crippen molar-refractivity contribution < 1.29 is 62.3 Å². The molecule has 1 unspecified atom stereocenters. The molecule has 2 amide bonds. The summed E-state index contributed by atoms with van der Waals surface area (Å²) in [6, 6.07) is 11.9. The fourth-order valence-electron chi connectivity index (χ4n) is 6.84. The van der Waals surface area contributed by atoms with Crippen LogP contribution in [-0.2, 0) is 33.3 Å². The predicted octanol–water partition coefficient (Wildman–Crippen LogP) is 3.75. The zero-order valence-electron chi connectivity index (χ0n) is 38.7. The predicted molar refractivity (Wildman–Crippen MR) is 247 cm³/mol. The molecule has 0 bridgehead atoms. The van der Waals surface area contributed by atoms with Crippen LogP contribution in [0.3, 0.4) is 0 Å². The molecule has 1 saturated heterocycles. The molecular formula is C47H54N8O14. The lowest BCUT2D eigenvalue weighted by Gasteiger charge is -2.22. The first-order valence-electron chi connectivity index (χ1n) is 21.7. The van der Waals surface area contributed by atoms with Gasteiger partial charge in [0, 0.05) is 53.3 Å². The third-order valence-electron chi connectivity index (χ3n) is 10.4. The number of H-pyrrole nitrogens is 1. The lowest BCUT2D eigenvalue weighted by atomic mass is 9.97. The minimum Gasteiger partial charge on any atom is -0.491 e. The molecular weight excluding hydrogens is 901 g/mol. The van der Waals surface area contributed by atoms with Crippen molar-refractivity contribution in [3.05, 3.63) is 103 Å². The zero-order chi connectivity index (χ0) is 50.3. The number of methoxy groups -OCH3 is 1. The van der Waals surface area contributed by atoms with Crippen LogP contribution in [0.4, 0.5) is 5.82 Å². The van der Waals surface area contributed by atoms with Gasteiger partial charge >= 0.3 is 11.9 Å². The third kappa shape index (κ3) is 14.7. The number of hydrogen-bond acceptors (Lipinski definition) is 16. The van der Waals surface area contributed by atoms with Gasteiger partial charge in [-0.25, -0.2) is 4.79 Å². The molecule has 0 spiro atoms. The van der Waals surface area contributed by atoms with E-state index in [0.717, 1.165) is 0 Å². The van der Waals surface area contributed by atoms with Crippen molar-refractivity contribution in [3.63, 3.8) is 0 Å². The summed E-state index contributed by atoms with van der Waals surface area (Å²) in [5.74, 6) is 3.39. The van der Waals surface area contributed by atoms with E-state index in [1.165, 1.54) is 38.3 Å². The number of azide groups is 1. The number of carbonyl (C=O) groups excluding carboxylic acids is 6. The molecule has 22 heteroatoms. The van der Waals surface area contributed by atoms with Crippen LogP contribution in [0.15, 0.2) is 64.6 Å². The van der Waals surface area contributed by atoms with Crippen molar-refractivity contribution in [3.8, 4) is 17.6 Å². The SMILES string of the molecule is COC(=O)c1cc(C(C)=O)cc(C(=O)NCCCC(=O)c2cccc(OCC(N=[N+]=[N-])OCCOCC(=O)NCC#Cc3cn([C@H]4C[C@H](OC(=O)C(C)(C)C)[C@@H](CO)O4)c4cc(N)[nH]c(=O)c34)c2)c1. The van der Waals surface area contributed by atoms with Crippen LogP contribution in [0.2, 0.25) is 0 Å². The molecule has 5 rings (SSSR count). The number of aromatic nitrogens is 2. The summed E-state index contributed by atoms with van der Waals surface area (Å²) in [5, 5.41) is 19.1. The van der Waals surface area contributed by atoms with E-state index in [1.54, 1.807) is 55.8 Å². The molecule has 366 valence electrons. The molecule has 6 N–H and O–H groups in total. The maximum Gasteiger partial charge on any atom is 0.337 e. The Hall–Kier alpha value is -7.54. The van der Waals surface area contributed by atoms with E-state index >= 15 is 0 Å². The lowest BCUT2D eigenvalue weighted by molar-refractivity contribution is -0.162. The minimum atomic E-state index is -1.08. The van der Waals surface area contributed by atoms with Gasteiger partial charge in [-0.3, -0.25) is 28.8 Å². The molecule has 4 aromatic rings. The summed E-state index contributed by atoms with van der Waals surface area (Å²) < 4.78 is 34.7. The molecule has 2 aromatic carbocycles. The number of carbonyl (C=O) groups is 6. The average Bonchev–Trinajstić information content (AvgIpc) is 3.90. The maximum absolute atomic E-state index is 13.0. The highest BCUT2D eigenvalue weighted by Gasteiger charge is 2.41.